The molecule has 0 saturated heterocycles. The van der Waals surface area contributed by atoms with Crippen LogP contribution in [0, 0.1) is 13.8 Å². The maximum absolute atomic E-state index is 13.2. The van der Waals surface area contributed by atoms with Crippen molar-refractivity contribution in [2.75, 3.05) is 40.1 Å². The first-order valence-corrected chi connectivity index (χ1v) is 11.6. The largest absolute Gasteiger partial charge is 0.465 e. The molecule has 2 rings (SSSR count). The highest BCUT2D eigenvalue weighted by Gasteiger charge is 2.26. The molecule has 0 spiro atoms. The van der Waals surface area contributed by atoms with E-state index in [1.807, 2.05) is 19.0 Å². The van der Waals surface area contributed by atoms with Crippen molar-refractivity contribution < 1.29 is 27.5 Å². The molecule has 0 N–H and O–H groups in total. The fourth-order valence-electron chi connectivity index (χ4n) is 3.09. The summed E-state index contributed by atoms with van der Waals surface area (Å²) >= 11 is 6.36. The second-order valence-corrected chi connectivity index (χ2v) is 9.74. The van der Waals surface area contributed by atoms with Crippen LogP contribution in [-0.2, 0) is 26.4 Å². The van der Waals surface area contributed by atoms with Crippen molar-refractivity contribution in [3.63, 3.8) is 0 Å². The van der Waals surface area contributed by atoms with Gasteiger partial charge in [0, 0.05) is 25.4 Å². The molecule has 0 aliphatic heterocycles. The van der Waals surface area contributed by atoms with Crippen LogP contribution in [0.15, 0.2) is 17.2 Å². The SMILES string of the molecule is Cc1cc(C(=O)c2cnn(C)c2OCC(=O)OCCN(C)C)c(Cl)c(C)c1S(C)(=O)=O. The van der Waals surface area contributed by atoms with Gasteiger partial charge in [-0.15, -0.1) is 0 Å². The van der Waals surface area contributed by atoms with Gasteiger partial charge in [-0.05, 0) is 45.1 Å². The van der Waals surface area contributed by atoms with Gasteiger partial charge < -0.3 is 14.4 Å². The lowest BCUT2D eigenvalue weighted by atomic mass is 10.0. The van der Waals surface area contributed by atoms with Crippen molar-refractivity contribution in [3.8, 4) is 5.88 Å². The van der Waals surface area contributed by atoms with Gasteiger partial charge in [-0.1, -0.05) is 11.6 Å². The molecule has 1 aromatic carbocycles. The number of aryl methyl sites for hydroxylation is 2. The number of esters is 1. The average molecular weight is 472 g/mol. The number of ketones is 1. The molecule has 31 heavy (non-hydrogen) atoms. The summed E-state index contributed by atoms with van der Waals surface area (Å²) in [6, 6.07) is 1.43. The number of nitrogens with zero attached hydrogens (tertiary/aromatic N) is 3. The topological polar surface area (TPSA) is 108 Å². The van der Waals surface area contributed by atoms with Gasteiger partial charge >= 0.3 is 5.97 Å². The zero-order valence-electron chi connectivity index (χ0n) is 18.4. The number of carbonyl (C=O) groups excluding carboxylic acids is 2. The van der Waals surface area contributed by atoms with Crippen molar-refractivity contribution in [1.82, 2.24) is 14.7 Å². The number of aromatic nitrogens is 2. The molecular weight excluding hydrogens is 446 g/mol. The van der Waals surface area contributed by atoms with Gasteiger partial charge in [0.05, 0.1) is 16.1 Å². The number of carbonyl (C=O) groups is 2. The van der Waals surface area contributed by atoms with Gasteiger partial charge in [0.25, 0.3) is 0 Å². The molecular formula is C20H26ClN3O6S. The van der Waals surface area contributed by atoms with E-state index in [0.29, 0.717) is 17.7 Å². The number of ether oxygens (including phenoxy) is 2. The summed E-state index contributed by atoms with van der Waals surface area (Å²) in [5.74, 6) is -1.00. The maximum atomic E-state index is 13.2. The Morgan fingerprint density at radius 2 is 1.87 bits per heavy atom. The predicted octanol–water partition coefficient (Wildman–Crippen LogP) is 1.81. The van der Waals surface area contributed by atoms with Gasteiger partial charge in [-0.3, -0.25) is 4.79 Å². The van der Waals surface area contributed by atoms with E-state index in [1.54, 1.807) is 20.9 Å². The zero-order chi connectivity index (χ0) is 23.5. The smallest absolute Gasteiger partial charge is 0.344 e. The first-order chi connectivity index (χ1) is 14.3. The number of likely N-dealkylation sites (N-methyl/N-ethyl adjacent to an activating group) is 1. The highest BCUT2D eigenvalue weighted by Crippen LogP contribution is 2.33. The second-order valence-electron chi connectivity index (χ2n) is 7.41. The summed E-state index contributed by atoms with van der Waals surface area (Å²) in [7, 11) is 1.76. The van der Waals surface area contributed by atoms with E-state index in [-0.39, 0.29) is 33.5 Å². The molecule has 1 aromatic heterocycles. The molecule has 170 valence electrons. The molecule has 0 aliphatic carbocycles. The minimum absolute atomic E-state index is 0.0360. The van der Waals surface area contributed by atoms with Crippen LogP contribution in [0.1, 0.15) is 27.0 Å². The van der Waals surface area contributed by atoms with E-state index in [9.17, 15) is 18.0 Å². The molecule has 0 atom stereocenters. The van der Waals surface area contributed by atoms with Crippen molar-refractivity contribution in [1.29, 1.82) is 0 Å². The Morgan fingerprint density at radius 3 is 2.45 bits per heavy atom. The van der Waals surface area contributed by atoms with Gasteiger partial charge in [-0.25, -0.2) is 17.9 Å². The second kappa shape index (κ2) is 9.80. The van der Waals surface area contributed by atoms with Crippen LogP contribution in [0.5, 0.6) is 5.88 Å². The minimum atomic E-state index is -3.52. The van der Waals surface area contributed by atoms with Gasteiger partial charge in [0.1, 0.15) is 12.2 Å². The molecule has 0 fully saturated rings. The molecule has 2 aromatic rings. The normalized spacial score (nSPS) is 11.6. The Balaban J connectivity index is 2.29. The lowest BCUT2D eigenvalue weighted by Gasteiger charge is -2.14. The van der Waals surface area contributed by atoms with Crippen LogP contribution in [-0.4, -0.2) is 75.0 Å². The highest BCUT2D eigenvalue weighted by molar-refractivity contribution is 7.90. The molecule has 0 radical (unpaired) electrons. The van der Waals surface area contributed by atoms with Crippen molar-refractivity contribution >= 4 is 33.2 Å². The third kappa shape index (κ3) is 5.84. The standard InChI is InChI=1S/C20H26ClN3O6S/c1-12-9-14(17(21)13(2)19(12)31(6,27)28)18(26)15-10-22-24(5)20(15)30-11-16(25)29-8-7-23(3)4/h9-10H,7-8,11H2,1-6H3. The van der Waals surface area contributed by atoms with Gasteiger partial charge in [0.15, 0.2) is 16.4 Å². The van der Waals surface area contributed by atoms with E-state index in [2.05, 4.69) is 5.10 Å². The van der Waals surface area contributed by atoms with E-state index in [1.165, 1.54) is 16.9 Å². The molecule has 0 saturated carbocycles. The number of benzene rings is 1. The number of halogens is 1. The summed E-state index contributed by atoms with van der Waals surface area (Å²) in [5.41, 5.74) is 0.916. The monoisotopic (exact) mass is 471 g/mol. The summed E-state index contributed by atoms with van der Waals surface area (Å²) in [6.45, 7) is 3.54. The maximum Gasteiger partial charge on any atom is 0.344 e. The summed E-state index contributed by atoms with van der Waals surface area (Å²) in [6.07, 6.45) is 2.39. The number of sulfone groups is 1. The van der Waals surface area contributed by atoms with Gasteiger partial charge in [-0.2, -0.15) is 5.10 Å². The van der Waals surface area contributed by atoms with Crippen LogP contribution in [0.3, 0.4) is 0 Å². The number of hydrogen-bond donors (Lipinski definition) is 0. The Hall–Kier alpha value is -2.43. The van der Waals surface area contributed by atoms with Crippen LogP contribution in [0.2, 0.25) is 5.02 Å². The lowest BCUT2D eigenvalue weighted by Crippen LogP contribution is -2.23. The summed E-state index contributed by atoms with van der Waals surface area (Å²) in [5, 5.41) is 4.07. The van der Waals surface area contributed by atoms with E-state index in [4.69, 9.17) is 21.1 Å². The van der Waals surface area contributed by atoms with Crippen molar-refractivity contribution in [2.24, 2.45) is 7.05 Å². The molecule has 11 heteroatoms. The lowest BCUT2D eigenvalue weighted by molar-refractivity contribution is -0.146. The van der Waals surface area contributed by atoms with E-state index in [0.717, 1.165) is 6.26 Å². The molecule has 0 aliphatic rings. The summed E-state index contributed by atoms with van der Waals surface area (Å²) in [4.78, 5) is 27.0. The third-order valence-corrected chi connectivity index (χ3v) is 6.35. The highest BCUT2D eigenvalue weighted by atomic mass is 35.5. The molecule has 0 unspecified atom stereocenters. The van der Waals surface area contributed by atoms with Crippen molar-refractivity contribution in [2.45, 2.75) is 18.7 Å². The Labute approximate surface area is 186 Å². The molecule has 9 nitrogen and oxygen atoms in total. The van der Waals surface area contributed by atoms with Gasteiger partial charge in [0.2, 0.25) is 11.7 Å². The Morgan fingerprint density at radius 1 is 1.23 bits per heavy atom. The fourth-order valence-corrected chi connectivity index (χ4v) is 4.68. The predicted molar refractivity (Wildman–Crippen MR) is 116 cm³/mol. The fraction of sp³-hybridized carbons (Fsp3) is 0.450. The van der Waals surface area contributed by atoms with Crippen molar-refractivity contribution in [3.05, 3.63) is 39.5 Å². The Kier molecular flexibility index (Phi) is 7.85. The first kappa shape index (κ1) is 24.8. The van der Waals surface area contributed by atoms with Crippen LogP contribution in [0.4, 0.5) is 0 Å². The van der Waals surface area contributed by atoms with E-state index >= 15 is 0 Å². The quantitative estimate of drug-likeness (QED) is 0.402. The number of rotatable bonds is 9. The number of hydrogen-bond acceptors (Lipinski definition) is 8. The molecule has 0 bridgehead atoms. The average Bonchev–Trinajstić information content (AvgIpc) is 3.01. The first-order valence-electron chi connectivity index (χ1n) is 9.34. The van der Waals surface area contributed by atoms with Crippen LogP contribution in [0.25, 0.3) is 0 Å². The van der Waals surface area contributed by atoms with Crippen LogP contribution < -0.4 is 4.74 Å². The van der Waals surface area contributed by atoms with E-state index < -0.39 is 28.2 Å². The Bertz CT molecular complexity index is 1110. The van der Waals surface area contributed by atoms with Crippen LogP contribution >= 0.6 is 11.6 Å². The molecule has 1 heterocycles. The summed E-state index contributed by atoms with van der Waals surface area (Å²) < 4.78 is 36.0. The zero-order valence-corrected chi connectivity index (χ0v) is 19.9. The molecule has 0 amide bonds. The minimum Gasteiger partial charge on any atom is -0.465 e. The third-order valence-electron chi connectivity index (χ3n) is 4.50.